The molecule has 7 heteroatoms. The summed E-state index contributed by atoms with van der Waals surface area (Å²) in [7, 11) is -1.94. The fourth-order valence-corrected chi connectivity index (χ4v) is 5.08. The third kappa shape index (κ3) is 4.46. The Hall–Kier alpha value is -1.18. The molecule has 0 heterocycles. The molecular weight excluding hydrogens is 342 g/mol. The minimum atomic E-state index is -1.94. The van der Waals surface area contributed by atoms with Gasteiger partial charge in [0.2, 0.25) is 0 Å². The van der Waals surface area contributed by atoms with Gasteiger partial charge in [-0.15, -0.1) is 11.8 Å². The topological polar surface area (TPSA) is 69.4 Å². The van der Waals surface area contributed by atoms with Gasteiger partial charge >= 0.3 is 0 Å². The molecule has 0 saturated heterocycles. The number of benzene rings is 1. The van der Waals surface area contributed by atoms with Gasteiger partial charge in [0, 0.05) is 35.1 Å². The summed E-state index contributed by atoms with van der Waals surface area (Å²) >= 11 is 1.59. The van der Waals surface area contributed by atoms with Crippen LogP contribution in [-0.4, -0.2) is 30.4 Å². The summed E-state index contributed by atoms with van der Waals surface area (Å²) in [6, 6.07) is 6.50. The first-order valence-corrected chi connectivity index (χ1v) is 11.9. The minimum absolute atomic E-state index is 0.0708. The Morgan fingerprint density at radius 1 is 1.21 bits per heavy atom. The van der Waals surface area contributed by atoms with Crippen LogP contribution in [0.1, 0.15) is 33.6 Å². The van der Waals surface area contributed by atoms with Crippen molar-refractivity contribution in [1.82, 2.24) is 0 Å². The number of rotatable bonds is 5. The van der Waals surface area contributed by atoms with Crippen molar-refractivity contribution < 1.29 is 14.1 Å². The van der Waals surface area contributed by atoms with E-state index < -0.39 is 13.2 Å². The average molecular weight is 368 g/mol. The Bertz CT molecular complexity index is 624. The van der Waals surface area contributed by atoms with Crippen molar-refractivity contribution in [2.75, 3.05) is 0 Å². The van der Waals surface area contributed by atoms with E-state index in [0.717, 1.165) is 4.90 Å². The molecule has 2 rings (SSSR count). The summed E-state index contributed by atoms with van der Waals surface area (Å²) in [5.41, 5.74) is 0.0796. The van der Waals surface area contributed by atoms with Gasteiger partial charge in [0.15, 0.2) is 8.32 Å². The number of nitro benzene ring substituents is 1. The molecule has 132 valence electrons. The van der Waals surface area contributed by atoms with Gasteiger partial charge in [-0.1, -0.05) is 20.8 Å². The first-order valence-electron chi connectivity index (χ1n) is 8.10. The van der Waals surface area contributed by atoms with E-state index in [-0.39, 0.29) is 27.9 Å². The molecule has 0 radical (unpaired) electrons. The molecule has 0 aromatic heterocycles. The number of hydrogen-bond acceptors (Lipinski definition) is 5. The van der Waals surface area contributed by atoms with Gasteiger partial charge in [0.1, 0.15) is 5.78 Å². The molecule has 1 aliphatic carbocycles. The Morgan fingerprint density at radius 3 is 2.29 bits per heavy atom. The van der Waals surface area contributed by atoms with Gasteiger partial charge in [-0.3, -0.25) is 14.9 Å². The quantitative estimate of drug-likeness (QED) is 0.424. The van der Waals surface area contributed by atoms with Crippen LogP contribution in [-0.2, 0) is 9.22 Å². The maximum Gasteiger partial charge on any atom is 0.269 e. The maximum absolute atomic E-state index is 12.0. The van der Waals surface area contributed by atoms with E-state index in [4.69, 9.17) is 4.43 Å². The highest BCUT2D eigenvalue weighted by Gasteiger charge is 2.44. The zero-order valence-electron chi connectivity index (χ0n) is 14.9. The lowest BCUT2D eigenvalue weighted by Gasteiger charge is -2.39. The predicted molar refractivity (Wildman–Crippen MR) is 99.1 cm³/mol. The van der Waals surface area contributed by atoms with Crippen LogP contribution in [0.2, 0.25) is 18.1 Å². The summed E-state index contributed by atoms with van der Waals surface area (Å²) in [5.74, 6) is 0.234. The molecule has 5 nitrogen and oxygen atoms in total. The van der Waals surface area contributed by atoms with Gasteiger partial charge < -0.3 is 4.43 Å². The van der Waals surface area contributed by atoms with Crippen molar-refractivity contribution in [3.8, 4) is 0 Å². The fourth-order valence-electron chi connectivity index (χ4n) is 2.41. The predicted octanol–water partition coefficient (Wildman–Crippen LogP) is 4.81. The van der Waals surface area contributed by atoms with Crippen molar-refractivity contribution >= 4 is 31.5 Å². The maximum atomic E-state index is 12.0. The van der Waals surface area contributed by atoms with Crippen molar-refractivity contribution in [3.05, 3.63) is 34.4 Å². The van der Waals surface area contributed by atoms with Gasteiger partial charge in [0.05, 0.1) is 11.0 Å². The van der Waals surface area contributed by atoms with Gasteiger partial charge in [0.25, 0.3) is 5.69 Å². The molecule has 1 saturated carbocycles. The number of thioether (sulfide) groups is 1. The number of carbonyl (C=O) groups is 1. The molecule has 1 aromatic rings. The number of nitrogens with zero attached hydrogens (tertiary/aromatic N) is 1. The average Bonchev–Trinajstić information content (AvgIpc) is 2.77. The highest BCUT2D eigenvalue weighted by molar-refractivity contribution is 8.00. The molecule has 0 spiro atoms. The second-order valence-electron chi connectivity index (χ2n) is 7.77. The van der Waals surface area contributed by atoms with Crippen LogP contribution in [0.5, 0.6) is 0 Å². The molecule has 0 bridgehead atoms. The normalized spacial score (nSPS) is 22.0. The van der Waals surface area contributed by atoms with Crippen LogP contribution in [0.25, 0.3) is 0 Å². The summed E-state index contributed by atoms with van der Waals surface area (Å²) in [5, 5.41) is 10.9. The number of nitro groups is 1. The summed E-state index contributed by atoms with van der Waals surface area (Å²) in [4.78, 5) is 23.2. The third-order valence-corrected chi connectivity index (χ3v) is 10.7. The molecular formula is C17H25NO4SSi. The van der Waals surface area contributed by atoms with Gasteiger partial charge in [-0.25, -0.2) is 0 Å². The molecule has 1 aromatic carbocycles. The fraction of sp³-hybridized carbons (Fsp3) is 0.588. The summed E-state index contributed by atoms with van der Waals surface area (Å²) in [6.45, 7) is 11.0. The van der Waals surface area contributed by atoms with Crippen LogP contribution in [0.4, 0.5) is 5.69 Å². The minimum Gasteiger partial charge on any atom is -0.412 e. The molecule has 0 N–H and O–H groups in total. The van der Waals surface area contributed by atoms with Crippen molar-refractivity contribution in [2.45, 2.75) is 68.0 Å². The number of ketones is 1. The molecule has 0 aliphatic heterocycles. The smallest absolute Gasteiger partial charge is 0.269 e. The number of hydrogen-bond donors (Lipinski definition) is 0. The Kier molecular flexibility index (Phi) is 5.56. The molecule has 2 atom stereocenters. The molecule has 1 fully saturated rings. The molecule has 0 amide bonds. The second-order valence-corrected chi connectivity index (χ2v) is 13.8. The Balaban J connectivity index is 2.10. The zero-order chi connectivity index (χ0) is 18.1. The van der Waals surface area contributed by atoms with Crippen LogP contribution in [0, 0.1) is 10.1 Å². The highest BCUT2D eigenvalue weighted by Crippen LogP contribution is 2.42. The van der Waals surface area contributed by atoms with Crippen LogP contribution in [0.15, 0.2) is 29.2 Å². The van der Waals surface area contributed by atoms with Crippen LogP contribution < -0.4 is 0 Å². The Morgan fingerprint density at radius 2 is 1.79 bits per heavy atom. The van der Waals surface area contributed by atoms with Crippen LogP contribution in [0.3, 0.4) is 0 Å². The highest BCUT2D eigenvalue weighted by atomic mass is 32.2. The van der Waals surface area contributed by atoms with E-state index in [1.165, 1.54) is 12.1 Å². The SMILES string of the molecule is CC(C)(C)[Si](C)(C)O[C@H]1CC(=O)C[C@@H]1Sc1ccc([N+](=O)[O-])cc1. The first kappa shape index (κ1) is 19.1. The number of Topliss-reactive ketones (excluding diaryl/α,β-unsaturated/α-hetero) is 1. The first-order chi connectivity index (χ1) is 11.0. The lowest BCUT2D eigenvalue weighted by molar-refractivity contribution is -0.384. The van der Waals surface area contributed by atoms with Gasteiger partial charge in [-0.2, -0.15) is 0 Å². The third-order valence-electron chi connectivity index (χ3n) is 4.86. The molecule has 1 aliphatic rings. The lowest BCUT2D eigenvalue weighted by Crippen LogP contribution is -2.45. The van der Waals surface area contributed by atoms with E-state index >= 15 is 0 Å². The van der Waals surface area contributed by atoms with Crippen molar-refractivity contribution in [1.29, 1.82) is 0 Å². The number of non-ortho nitro benzene ring substituents is 1. The van der Waals surface area contributed by atoms with Crippen LogP contribution >= 0.6 is 11.8 Å². The Labute approximate surface area is 148 Å². The summed E-state index contributed by atoms with van der Waals surface area (Å²) in [6.07, 6.45) is 0.900. The summed E-state index contributed by atoms with van der Waals surface area (Å²) < 4.78 is 6.47. The lowest BCUT2D eigenvalue weighted by atomic mass is 10.2. The standard InChI is InChI=1S/C17H25NO4SSi/c1-17(2,3)24(4,5)22-15-10-13(19)11-16(15)23-14-8-6-12(7-9-14)18(20)21/h6-9,15-16H,10-11H2,1-5H3/t15-,16-/m0/s1. The van der Waals surface area contributed by atoms with E-state index in [2.05, 4.69) is 33.9 Å². The molecule has 24 heavy (non-hydrogen) atoms. The number of carbonyl (C=O) groups excluding carboxylic acids is 1. The van der Waals surface area contributed by atoms with Crippen molar-refractivity contribution in [3.63, 3.8) is 0 Å². The van der Waals surface area contributed by atoms with Gasteiger partial charge in [-0.05, 0) is 30.3 Å². The van der Waals surface area contributed by atoms with E-state index in [9.17, 15) is 14.9 Å². The molecule has 0 unspecified atom stereocenters. The van der Waals surface area contributed by atoms with E-state index in [1.54, 1.807) is 23.9 Å². The monoisotopic (exact) mass is 367 g/mol. The van der Waals surface area contributed by atoms with E-state index in [0.29, 0.717) is 12.8 Å². The van der Waals surface area contributed by atoms with Crippen molar-refractivity contribution in [2.24, 2.45) is 0 Å². The zero-order valence-corrected chi connectivity index (χ0v) is 16.7. The largest absolute Gasteiger partial charge is 0.412 e. The van der Waals surface area contributed by atoms with E-state index in [1.807, 2.05) is 0 Å². The second kappa shape index (κ2) is 6.97.